The molecule has 7 rings (SSSR count). The molecule has 1 unspecified atom stereocenters. The summed E-state index contributed by atoms with van der Waals surface area (Å²) in [6.45, 7) is 0. The first-order valence-corrected chi connectivity index (χ1v) is 7.19. The van der Waals surface area contributed by atoms with Gasteiger partial charge in [-0.1, -0.05) is 0 Å². The van der Waals surface area contributed by atoms with Crippen LogP contribution >= 0.6 is 0 Å². The van der Waals surface area contributed by atoms with Gasteiger partial charge in [-0.3, -0.25) is 0 Å². The standard InChI is InChI=1S/C14H19N/c1-2-5(1)15-14-12-8-3-6-7-4-9(10(6)12)13(14)11(7)8/h5-15H,1-4H2/t6-,7+,8-,9-,10-,11-,12-,13+,14?/m1/s1. The van der Waals surface area contributed by atoms with E-state index < -0.39 is 0 Å². The maximum Gasteiger partial charge on any atom is 0.0137 e. The van der Waals surface area contributed by atoms with Gasteiger partial charge >= 0.3 is 0 Å². The molecule has 7 aliphatic carbocycles. The van der Waals surface area contributed by atoms with Crippen LogP contribution in [-0.4, -0.2) is 12.1 Å². The molecule has 0 aromatic heterocycles. The van der Waals surface area contributed by atoms with Crippen LogP contribution in [0.5, 0.6) is 0 Å². The molecule has 15 heavy (non-hydrogen) atoms. The van der Waals surface area contributed by atoms with E-state index in [4.69, 9.17) is 0 Å². The average Bonchev–Trinajstić information content (AvgIpc) is 2.56. The number of hydrogen-bond acceptors (Lipinski definition) is 1. The van der Waals surface area contributed by atoms with Gasteiger partial charge in [0.1, 0.15) is 0 Å². The third-order valence-electron chi connectivity index (χ3n) is 7.33. The largest absolute Gasteiger partial charge is 0.311 e. The zero-order chi connectivity index (χ0) is 9.31. The topological polar surface area (TPSA) is 12.0 Å². The van der Waals surface area contributed by atoms with E-state index in [1.807, 2.05) is 0 Å². The van der Waals surface area contributed by atoms with E-state index in [1.165, 1.54) is 48.3 Å². The molecule has 0 heterocycles. The summed E-state index contributed by atoms with van der Waals surface area (Å²) in [6, 6.07) is 1.95. The third kappa shape index (κ3) is 0.574. The quantitative estimate of drug-likeness (QED) is 0.719. The van der Waals surface area contributed by atoms with Crippen molar-refractivity contribution in [3.63, 3.8) is 0 Å². The predicted octanol–water partition coefficient (Wildman–Crippen LogP) is 1.88. The molecule has 1 N–H and O–H groups in total. The fraction of sp³-hybridized carbons (Fsp3) is 1.00. The lowest BCUT2D eigenvalue weighted by Crippen LogP contribution is -2.36. The van der Waals surface area contributed by atoms with Crippen molar-refractivity contribution in [2.24, 2.45) is 47.3 Å². The van der Waals surface area contributed by atoms with Crippen LogP contribution in [0.25, 0.3) is 0 Å². The van der Waals surface area contributed by atoms with Crippen LogP contribution in [0, 0.1) is 47.3 Å². The molecular formula is C14H19N. The van der Waals surface area contributed by atoms with Gasteiger partial charge in [0.05, 0.1) is 0 Å². The highest BCUT2D eigenvalue weighted by Gasteiger charge is 2.80. The molecule has 9 atom stereocenters. The van der Waals surface area contributed by atoms with E-state index in [2.05, 4.69) is 5.32 Å². The first-order valence-electron chi connectivity index (χ1n) is 7.19. The van der Waals surface area contributed by atoms with Crippen LogP contribution < -0.4 is 5.32 Å². The van der Waals surface area contributed by atoms with Crippen molar-refractivity contribution in [3.8, 4) is 0 Å². The lowest BCUT2D eigenvalue weighted by atomic mass is 9.71. The van der Waals surface area contributed by atoms with E-state index in [0.29, 0.717) is 0 Å². The Hall–Kier alpha value is -0.0400. The summed E-state index contributed by atoms with van der Waals surface area (Å²) in [5, 5.41) is 4.03. The van der Waals surface area contributed by atoms with Gasteiger partial charge in [0.2, 0.25) is 0 Å². The molecule has 0 saturated heterocycles. The SMILES string of the molecule is C1CC1NC1[C@@H]2[C@@H]3C[C@@H]4[C@@H]5C[C@@H]([C@H]1[C@H]53)[C@@H]42. The predicted molar refractivity (Wildman–Crippen MR) is 57.1 cm³/mol. The Morgan fingerprint density at radius 1 is 0.667 bits per heavy atom. The maximum atomic E-state index is 4.03. The second kappa shape index (κ2) is 1.92. The second-order valence-corrected chi connectivity index (χ2v) is 7.40. The van der Waals surface area contributed by atoms with Crippen LogP contribution in [0.2, 0.25) is 0 Å². The molecule has 7 fully saturated rings. The zero-order valence-corrected chi connectivity index (χ0v) is 9.10. The average molecular weight is 201 g/mol. The number of rotatable bonds is 2. The molecule has 7 aliphatic rings. The molecule has 1 heteroatoms. The van der Waals surface area contributed by atoms with E-state index in [-0.39, 0.29) is 0 Å². The Labute approximate surface area is 91.0 Å². The minimum atomic E-state index is 0.949. The van der Waals surface area contributed by atoms with Crippen LogP contribution in [-0.2, 0) is 0 Å². The number of nitrogens with one attached hydrogen (secondary N) is 1. The summed E-state index contributed by atoms with van der Waals surface area (Å²) in [5.41, 5.74) is 0. The molecule has 80 valence electrons. The van der Waals surface area contributed by atoms with Crippen molar-refractivity contribution >= 4 is 0 Å². The van der Waals surface area contributed by atoms with E-state index >= 15 is 0 Å². The first-order chi connectivity index (χ1) is 7.43. The highest BCUT2D eigenvalue weighted by molar-refractivity contribution is 5.29. The minimum absolute atomic E-state index is 0.949. The van der Waals surface area contributed by atoms with Gasteiger partial charge in [0, 0.05) is 12.1 Å². The van der Waals surface area contributed by atoms with E-state index in [0.717, 1.165) is 23.9 Å². The molecule has 0 radical (unpaired) electrons. The molecule has 7 saturated carbocycles. The lowest BCUT2D eigenvalue weighted by Gasteiger charge is -2.33. The maximum absolute atomic E-state index is 4.03. The molecule has 6 bridgehead atoms. The third-order valence-corrected chi connectivity index (χ3v) is 7.33. The Morgan fingerprint density at radius 3 is 1.80 bits per heavy atom. The molecule has 0 aliphatic heterocycles. The van der Waals surface area contributed by atoms with Gasteiger partial charge in [0.25, 0.3) is 0 Å². The highest BCUT2D eigenvalue weighted by Crippen LogP contribution is 2.82. The molecule has 0 amide bonds. The molecule has 0 aromatic carbocycles. The lowest BCUT2D eigenvalue weighted by molar-refractivity contribution is 0.132. The molecule has 0 aromatic rings. The zero-order valence-electron chi connectivity index (χ0n) is 9.10. The van der Waals surface area contributed by atoms with Crippen LogP contribution in [0.1, 0.15) is 25.7 Å². The summed E-state index contributed by atoms with van der Waals surface area (Å²) in [5.74, 6) is 9.59. The van der Waals surface area contributed by atoms with Gasteiger partial charge in [-0.15, -0.1) is 0 Å². The van der Waals surface area contributed by atoms with Crippen molar-refractivity contribution in [1.82, 2.24) is 5.32 Å². The van der Waals surface area contributed by atoms with E-state index in [1.54, 1.807) is 12.8 Å². The van der Waals surface area contributed by atoms with Gasteiger partial charge in [0.15, 0.2) is 0 Å². The van der Waals surface area contributed by atoms with Crippen molar-refractivity contribution in [2.45, 2.75) is 37.8 Å². The monoisotopic (exact) mass is 201 g/mol. The fourth-order valence-electron chi connectivity index (χ4n) is 7.37. The normalized spacial score (nSPS) is 75.6. The summed E-state index contributed by atoms with van der Waals surface area (Å²) >= 11 is 0. The Balaban J connectivity index is 1.50. The molecule has 0 spiro atoms. The summed E-state index contributed by atoms with van der Waals surface area (Å²) in [6.07, 6.45) is 6.27. The fourth-order valence-corrected chi connectivity index (χ4v) is 7.37. The minimum Gasteiger partial charge on any atom is -0.311 e. The van der Waals surface area contributed by atoms with Crippen molar-refractivity contribution < 1.29 is 0 Å². The molecular weight excluding hydrogens is 182 g/mol. The highest BCUT2D eigenvalue weighted by atomic mass is 15.1. The summed E-state index contributed by atoms with van der Waals surface area (Å²) < 4.78 is 0. The first kappa shape index (κ1) is 7.32. The Bertz CT molecular complexity index is 332. The van der Waals surface area contributed by atoms with Crippen LogP contribution in [0.3, 0.4) is 0 Å². The second-order valence-electron chi connectivity index (χ2n) is 7.40. The molecule has 1 nitrogen and oxygen atoms in total. The van der Waals surface area contributed by atoms with Gasteiger partial charge in [-0.2, -0.15) is 0 Å². The van der Waals surface area contributed by atoms with Crippen molar-refractivity contribution in [1.29, 1.82) is 0 Å². The smallest absolute Gasteiger partial charge is 0.0137 e. The van der Waals surface area contributed by atoms with Gasteiger partial charge < -0.3 is 5.32 Å². The summed E-state index contributed by atoms with van der Waals surface area (Å²) in [7, 11) is 0. The van der Waals surface area contributed by atoms with E-state index in [9.17, 15) is 0 Å². The Kier molecular flexibility index (Phi) is 0.936. The van der Waals surface area contributed by atoms with Crippen molar-refractivity contribution in [3.05, 3.63) is 0 Å². The Morgan fingerprint density at radius 2 is 1.27 bits per heavy atom. The van der Waals surface area contributed by atoms with Crippen LogP contribution in [0.15, 0.2) is 0 Å². The van der Waals surface area contributed by atoms with Crippen LogP contribution in [0.4, 0.5) is 0 Å². The summed E-state index contributed by atoms with van der Waals surface area (Å²) in [4.78, 5) is 0. The van der Waals surface area contributed by atoms with Gasteiger partial charge in [-0.05, 0) is 73.0 Å². The van der Waals surface area contributed by atoms with Crippen molar-refractivity contribution in [2.75, 3.05) is 0 Å². The number of hydrogen-bond donors (Lipinski definition) is 1. The van der Waals surface area contributed by atoms with Gasteiger partial charge in [-0.25, -0.2) is 0 Å².